The summed E-state index contributed by atoms with van der Waals surface area (Å²) in [5, 5.41) is 15.9. The molecule has 2 aromatic rings. The first-order valence-corrected chi connectivity index (χ1v) is 11.7. The van der Waals surface area contributed by atoms with Crippen molar-refractivity contribution in [2.75, 3.05) is 0 Å². The predicted molar refractivity (Wildman–Crippen MR) is 124 cm³/mol. The molecule has 2 amide bonds. The number of carbonyl (C=O) groups is 3. The monoisotopic (exact) mass is 484 g/mol. The van der Waals surface area contributed by atoms with Gasteiger partial charge >= 0.3 is 0 Å². The van der Waals surface area contributed by atoms with Gasteiger partial charge in [0.15, 0.2) is 5.69 Å². The van der Waals surface area contributed by atoms with Crippen LogP contribution >= 0.6 is 0 Å². The summed E-state index contributed by atoms with van der Waals surface area (Å²) < 4.78 is 16.4. The van der Waals surface area contributed by atoms with Crippen molar-refractivity contribution in [1.82, 2.24) is 20.2 Å². The van der Waals surface area contributed by atoms with Gasteiger partial charge in [-0.25, -0.2) is 9.37 Å². The maximum Gasteiger partial charge on any atom is 0.296 e. The third kappa shape index (κ3) is 4.56. The number of aryl methyl sites for hydroxylation is 1. The van der Waals surface area contributed by atoms with E-state index in [-0.39, 0.29) is 44.6 Å². The molecule has 5 rings (SSSR count). The maximum atomic E-state index is 15.5. The molecule has 3 N–H and O–H groups in total. The van der Waals surface area contributed by atoms with Gasteiger partial charge in [-0.05, 0) is 38.2 Å². The number of Topliss-reactive ketones (excluding diaryl/α,β-unsaturated/α-hetero) is 1. The third-order valence-electron chi connectivity index (χ3n) is 6.87. The van der Waals surface area contributed by atoms with E-state index < -0.39 is 51.7 Å². The maximum absolute atomic E-state index is 15.5. The van der Waals surface area contributed by atoms with Crippen molar-refractivity contribution in [2.24, 2.45) is 5.92 Å². The fourth-order valence-electron chi connectivity index (χ4n) is 4.81. The summed E-state index contributed by atoms with van der Waals surface area (Å²) in [5.74, 6) is -3.75. The molecule has 3 heterocycles. The molecule has 0 unspecified atom stereocenters. The molecule has 2 bridgehead atoms. The predicted octanol–water partition coefficient (Wildman–Crippen LogP) is 2.02. The molecule has 9 nitrogen and oxygen atoms in total. The number of nitrogens with zero attached hydrogens (tertiary/aromatic N) is 2. The number of fused-ring (bicyclic) bond motifs is 2. The molecule has 10 heteroatoms. The lowest BCUT2D eigenvalue weighted by atomic mass is 9.75. The van der Waals surface area contributed by atoms with Crippen LogP contribution in [0.5, 0.6) is 5.75 Å². The van der Waals surface area contributed by atoms with Gasteiger partial charge in [0.1, 0.15) is 11.5 Å². The van der Waals surface area contributed by atoms with Crippen LogP contribution in [0.4, 0.5) is 4.39 Å². The van der Waals surface area contributed by atoms with Gasteiger partial charge in [-0.2, -0.15) is 0 Å². The molecular formula is C25H29FN4O5. The summed E-state index contributed by atoms with van der Waals surface area (Å²) in [7, 11) is 0. The number of nitrogens with one attached hydrogen (secondary N) is 2. The summed E-state index contributed by atoms with van der Waals surface area (Å²) in [6, 6.07) is 7.46. The average molecular weight is 485 g/mol. The number of halogens is 1. The Balaban J connectivity index is 1.74. The van der Waals surface area contributed by atoms with Crippen LogP contribution in [-0.4, -0.2) is 37.9 Å². The van der Waals surface area contributed by atoms with E-state index in [2.05, 4.69) is 15.6 Å². The number of rotatable bonds is 6. The van der Waals surface area contributed by atoms with Gasteiger partial charge in [0.25, 0.3) is 17.4 Å². The van der Waals surface area contributed by atoms with E-state index in [1.165, 1.54) is 0 Å². The van der Waals surface area contributed by atoms with E-state index in [4.69, 9.17) is 0 Å². The van der Waals surface area contributed by atoms with Gasteiger partial charge in [0.2, 0.25) is 11.5 Å². The fraction of sp³-hybridized carbons (Fsp3) is 0.480. The van der Waals surface area contributed by atoms with Gasteiger partial charge in [-0.3, -0.25) is 23.7 Å². The smallest absolute Gasteiger partial charge is 0.296 e. The largest absolute Gasteiger partial charge is 0.501 e. The van der Waals surface area contributed by atoms with Crippen LogP contribution in [-0.2, 0) is 28.2 Å². The highest BCUT2D eigenvalue weighted by molar-refractivity contribution is 6.36. The molecule has 35 heavy (non-hydrogen) atoms. The average Bonchev–Trinajstić information content (AvgIpc) is 3.01. The number of ketones is 1. The standard InChI is InChI=1S/C25H29FN4O5/c1-14(2)18(31)21(34)29-25-9-7-24(26,8-10-25)13-30-22(35)19(32)17(28-23(25)30)20(33)27-12-16-6-4-5-15(3)11-16/h4-6,11,14,32H,7-10,12-13H2,1-3H3,(H,27,33)(H,29,34). The summed E-state index contributed by atoms with van der Waals surface area (Å²) in [6.45, 7) is 4.87. The van der Waals surface area contributed by atoms with Gasteiger partial charge in [0, 0.05) is 12.5 Å². The van der Waals surface area contributed by atoms with Gasteiger partial charge in [-0.15, -0.1) is 0 Å². The zero-order valence-corrected chi connectivity index (χ0v) is 20.0. The Morgan fingerprint density at radius 3 is 2.51 bits per heavy atom. The summed E-state index contributed by atoms with van der Waals surface area (Å²) in [5.41, 5.74) is -2.68. The first-order valence-electron chi connectivity index (χ1n) is 11.7. The number of alkyl halides is 1. The van der Waals surface area contributed by atoms with Crippen molar-refractivity contribution >= 4 is 17.6 Å². The molecule has 1 fully saturated rings. The van der Waals surface area contributed by atoms with Crippen molar-refractivity contribution in [3.05, 3.63) is 57.3 Å². The summed E-state index contributed by atoms with van der Waals surface area (Å²) in [4.78, 5) is 55.3. The van der Waals surface area contributed by atoms with Crippen molar-refractivity contribution in [3.8, 4) is 5.75 Å². The molecule has 186 valence electrons. The van der Waals surface area contributed by atoms with E-state index in [1.54, 1.807) is 13.8 Å². The Kier molecular flexibility index (Phi) is 6.25. The second-order valence-corrected chi connectivity index (χ2v) is 9.90. The lowest BCUT2D eigenvalue weighted by Gasteiger charge is -2.38. The van der Waals surface area contributed by atoms with E-state index >= 15 is 4.39 Å². The highest BCUT2D eigenvalue weighted by Gasteiger charge is 2.52. The molecule has 1 aliphatic carbocycles. The zero-order valence-electron chi connectivity index (χ0n) is 20.0. The van der Waals surface area contributed by atoms with Crippen LogP contribution in [0.3, 0.4) is 0 Å². The quantitative estimate of drug-likeness (QED) is 0.538. The Morgan fingerprint density at radius 2 is 1.89 bits per heavy atom. The highest BCUT2D eigenvalue weighted by Crippen LogP contribution is 2.46. The third-order valence-corrected chi connectivity index (χ3v) is 6.87. The van der Waals surface area contributed by atoms with Crippen LogP contribution in [0.1, 0.15) is 67.0 Å². The fourth-order valence-corrected chi connectivity index (χ4v) is 4.81. The lowest BCUT2D eigenvalue weighted by Crippen LogP contribution is -2.53. The van der Waals surface area contributed by atoms with E-state index in [0.717, 1.165) is 15.7 Å². The van der Waals surface area contributed by atoms with Crippen LogP contribution in [0.25, 0.3) is 0 Å². The van der Waals surface area contributed by atoms with Crippen molar-refractivity contribution in [2.45, 2.75) is 70.8 Å². The molecule has 1 aromatic carbocycles. The van der Waals surface area contributed by atoms with Gasteiger partial charge < -0.3 is 15.7 Å². The first-order chi connectivity index (χ1) is 16.4. The van der Waals surface area contributed by atoms with Crippen molar-refractivity contribution in [1.29, 1.82) is 0 Å². The minimum Gasteiger partial charge on any atom is -0.501 e. The molecular weight excluding hydrogens is 455 g/mol. The van der Waals surface area contributed by atoms with E-state index in [1.807, 2.05) is 31.2 Å². The zero-order chi connectivity index (χ0) is 25.5. The molecule has 2 aliphatic heterocycles. The Morgan fingerprint density at radius 1 is 1.20 bits per heavy atom. The van der Waals surface area contributed by atoms with Crippen LogP contribution in [0.15, 0.2) is 29.1 Å². The Hall–Kier alpha value is -3.56. The lowest BCUT2D eigenvalue weighted by molar-refractivity contribution is -0.141. The van der Waals surface area contributed by atoms with Gasteiger partial charge in [-0.1, -0.05) is 43.7 Å². The molecule has 3 aliphatic rings. The topological polar surface area (TPSA) is 130 Å². The summed E-state index contributed by atoms with van der Waals surface area (Å²) >= 11 is 0. The van der Waals surface area contributed by atoms with Crippen molar-refractivity contribution < 1.29 is 23.9 Å². The molecule has 1 aromatic heterocycles. The van der Waals surface area contributed by atoms with E-state index in [9.17, 15) is 24.3 Å². The SMILES string of the molecule is Cc1cccc(CNC(=O)c2nc3n(c(=O)c2O)CC2(F)CCC3(NC(=O)C(=O)C(C)C)CC2)c1. The van der Waals surface area contributed by atoms with E-state index in [0.29, 0.717) is 0 Å². The number of aromatic nitrogens is 2. The molecule has 0 saturated heterocycles. The number of benzene rings is 1. The number of aromatic hydroxyl groups is 1. The number of hydrogen-bond donors (Lipinski definition) is 3. The first kappa shape index (κ1) is 24.6. The molecule has 0 spiro atoms. The molecule has 0 atom stereocenters. The highest BCUT2D eigenvalue weighted by atomic mass is 19.1. The van der Waals surface area contributed by atoms with Crippen LogP contribution in [0, 0.1) is 12.8 Å². The minimum atomic E-state index is -1.73. The number of carbonyl (C=O) groups excluding carboxylic acids is 3. The second-order valence-electron chi connectivity index (χ2n) is 9.90. The van der Waals surface area contributed by atoms with Crippen molar-refractivity contribution in [3.63, 3.8) is 0 Å². The Bertz CT molecular complexity index is 1260. The minimum absolute atomic E-state index is 0.0251. The van der Waals surface area contributed by atoms with Gasteiger partial charge in [0.05, 0.1) is 12.1 Å². The number of amides is 2. The molecule has 0 radical (unpaired) electrons. The van der Waals surface area contributed by atoms with Crippen LogP contribution < -0.4 is 16.2 Å². The normalized spacial score (nSPS) is 22.9. The summed E-state index contributed by atoms with van der Waals surface area (Å²) in [6.07, 6.45) is 0.258. The number of hydrogen-bond acceptors (Lipinski definition) is 6. The molecule has 1 saturated carbocycles. The Labute approximate surface area is 201 Å². The second kappa shape index (κ2) is 8.90. The van der Waals surface area contributed by atoms with Crippen LogP contribution in [0.2, 0.25) is 0 Å².